The van der Waals surface area contributed by atoms with Crippen LogP contribution >= 0.6 is 11.8 Å². The fourth-order valence-electron chi connectivity index (χ4n) is 2.51. The van der Waals surface area contributed by atoms with E-state index in [4.69, 9.17) is 0 Å². The molecule has 0 saturated heterocycles. The van der Waals surface area contributed by atoms with Gasteiger partial charge in [0.25, 0.3) is 0 Å². The van der Waals surface area contributed by atoms with Crippen LogP contribution in [-0.2, 0) is 4.79 Å². The molecule has 0 aliphatic heterocycles. The van der Waals surface area contributed by atoms with Crippen molar-refractivity contribution in [2.75, 3.05) is 0 Å². The zero-order valence-corrected chi connectivity index (χ0v) is 14.6. The Morgan fingerprint density at radius 2 is 2.04 bits per heavy atom. The molecule has 1 aliphatic carbocycles. The number of para-hydroxylation sites is 1. The van der Waals surface area contributed by atoms with Crippen molar-refractivity contribution in [3.63, 3.8) is 0 Å². The van der Waals surface area contributed by atoms with Crippen molar-refractivity contribution in [1.29, 1.82) is 0 Å². The summed E-state index contributed by atoms with van der Waals surface area (Å²) in [5.41, 5.74) is 2.42. The minimum atomic E-state index is -0.150. The molecule has 0 radical (unpaired) electrons. The summed E-state index contributed by atoms with van der Waals surface area (Å²) in [6.45, 7) is 6.32. The van der Waals surface area contributed by atoms with E-state index in [1.807, 2.05) is 19.2 Å². The molecule has 0 bridgehead atoms. The van der Waals surface area contributed by atoms with Gasteiger partial charge in [0, 0.05) is 18.4 Å². The normalized spacial score (nSPS) is 15.7. The van der Waals surface area contributed by atoms with Crippen LogP contribution in [0, 0.1) is 0 Å². The third-order valence-corrected chi connectivity index (χ3v) is 5.08. The Kier molecular flexibility index (Phi) is 4.76. The predicted molar refractivity (Wildman–Crippen MR) is 94.1 cm³/mol. The van der Waals surface area contributed by atoms with Gasteiger partial charge in [-0.15, -0.1) is 0 Å². The summed E-state index contributed by atoms with van der Waals surface area (Å²) < 4.78 is 2.08. The van der Waals surface area contributed by atoms with Crippen LogP contribution in [0.15, 0.2) is 41.8 Å². The average molecular weight is 329 g/mol. The van der Waals surface area contributed by atoms with E-state index in [0.717, 1.165) is 23.7 Å². The van der Waals surface area contributed by atoms with Crippen LogP contribution in [0.5, 0.6) is 0 Å². The van der Waals surface area contributed by atoms with Crippen LogP contribution in [0.25, 0.3) is 5.69 Å². The van der Waals surface area contributed by atoms with Crippen molar-refractivity contribution in [2.24, 2.45) is 0 Å². The molecule has 4 nitrogen and oxygen atoms in total. The molecular formula is C18H23N3OS. The number of imidazole rings is 1. The predicted octanol–water partition coefficient (Wildman–Crippen LogP) is 3.75. The van der Waals surface area contributed by atoms with Gasteiger partial charge in [-0.2, -0.15) is 0 Å². The van der Waals surface area contributed by atoms with Crippen LogP contribution in [0.4, 0.5) is 0 Å². The van der Waals surface area contributed by atoms with E-state index in [-0.39, 0.29) is 11.2 Å². The number of nitrogens with zero attached hydrogens (tertiary/aromatic N) is 2. The van der Waals surface area contributed by atoms with Crippen LogP contribution in [0.2, 0.25) is 0 Å². The van der Waals surface area contributed by atoms with Crippen LogP contribution in [0.3, 0.4) is 0 Å². The SMILES string of the molecule is CC(Sc1nccn1-c1ccccc1C(C)C)C(=O)NC1CC1. The Balaban J connectivity index is 1.81. The van der Waals surface area contributed by atoms with E-state index in [1.54, 1.807) is 6.20 Å². The van der Waals surface area contributed by atoms with E-state index in [2.05, 4.69) is 46.9 Å². The highest BCUT2D eigenvalue weighted by Crippen LogP contribution is 2.29. The average Bonchev–Trinajstić information content (AvgIpc) is 3.23. The molecule has 122 valence electrons. The zero-order chi connectivity index (χ0) is 16.4. The van der Waals surface area contributed by atoms with Crippen molar-refractivity contribution in [3.8, 4) is 5.69 Å². The number of benzene rings is 1. The first kappa shape index (κ1) is 16.1. The van der Waals surface area contributed by atoms with Gasteiger partial charge >= 0.3 is 0 Å². The molecule has 1 aliphatic rings. The van der Waals surface area contributed by atoms with Crippen LogP contribution in [-0.4, -0.2) is 26.8 Å². The minimum Gasteiger partial charge on any atom is -0.352 e. The van der Waals surface area contributed by atoms with Crippen LogP contribution in [0.1, 0.15) is 45.1 Å². The molecule has 2 aromatic rings. The lowest BCUT2D eigenvalue weighted by Gasteiger charge is -2.16. The standard InChI is InChI=1S/C18H23N3OS/c1-12(2)15-6-4-5-7-16(15)21-11-10-19-18(21)23-13(3)17(22)20-14-8-9-14/h4-7,10-14H,8-9H2,1-3H3,(H,20,22). The van der Waals surface area contributed by atoms with Gasteiger partial charge in [-0.25, -0.2) is 4.98 Å². The van der Waals surface area contributed by atoms with Crippen molar-refractivity contribution >= 4 is 17.7 Å². The number of hydrogen-bond donors (Lipinski definition) is 1. The number of carbonyl (C=O) groups excluding carboxylic acids is 1. The van der Waals surface area contributed by atoms with E-state index >= 15 is 0 Å². The molecule has 1 heterocycles. The second-order valence-corrected chi connectivity index (χ2v) is 7.64. The van der Waals surface area contributed by atoms with Crippen molar-refractivity contribution in [2.45, 2.75) is 56.0 Å². The Morgan fingerprint density at radius 1 is 1.30 bits per heavy atom. The first-order valence-corrected chi connectivity index (χ1v) is 9.04. The van der Waals surface area contributed by atoms with Gasteiger partial charge in [0.05, 0.1) is 10.9 Å². The highest BCUT2D eigenvalue weighted by atomic mass is 32.2. The first-order chi connectivity index (χ1) is 11.1. The fourth-order valence-corrected chi connectivity index (χ4v) is 3.40. The van der Waals surface area contributed by atoms with Gasteiger partial charge in [-0.05, 0) is 37.3 Å². The summed E-state index contributed by atoms with van der Waals surface area (Å²) in [4.78, 5) is 16.6. The number of aromatic nitrogens is 2. The van der Waals surface area contributed by atoms with Gasteiger partial charge in [0.2, 0.25) is 5.91 Å². The summed E-state index contributed by atoms with van der Waals surface area (Å²) in [6.07, 6.45) is 5.99. The van der Waals surface area contributed by atoms with Gasteiger partial charge in [-0.3, -0.25) is 9.36 Å². The smallest absolute Gasteiger partial charge is 0.233 e. The van der Waals surface area contributed by atoms with E-state index in [0.29, 0.717) is 12.0 Å². The van der Waals surface area contributed by atoms with Crippen LogP contribution < -0.4 is 5.32 Å². The van der Waals surface area contributed by atoms with Crippen molar-refractivity contribution < 1.29 is 4.79 Å². The molecule has 1 amide bonds. The van der Waals surface area contributed by atoms with Gasteiger partial charge in [0.15, 0.2) is 5.16 Å². The molecule has 1 fully saturated rings. The maximum absolute atomic E-state index is 12.2. The molecule has 1 N–H and O–H groups in total. The maximum atomic E-state index is 12.2. The largest absolute Gasteiger partial charge is 0.352 e. The summed E-state index contributed by atoms with van der Waals surface area (Å²) in [7, 11) is 0. The summed E-state index contributed by atoms with van der Waals surface area (Å²) in [6, 6.07) is 8.76. The molecule has 1 saturated carbocycles. The monoisotopic (exact) mass is 329 g/mol. The summed E-state index contributed by atoms with van der Waals surface area (Å²) >= 11 is 1.51. The van der Waals surface area contributed by atoms with E-state index < -0.39 is 0 Å². The van der Waals surface area contributed by atoms with E-state index in [9.17, 15) is 4.79 Å². The number of rotatable bonds is 6. The first-order valence-electron chi connectivity index (χ1n) is 8.16. The molecule has 23 heavy (non-hydrogen) atoms. The maximum Gasteiger partial charge on any atom is 0.233 e. The zero-order valence-electron chi connectivity index (χ0n) is 13.8. The molecule has 1 unspecified atom stereocenters. The Morgan fingerprint density at radius 3 is 2.74 bits per heavy atom. The minimum absolute atomic E-state index is 0.101. The number of nitrogens with one attached hydrogen (secondary N) is 1. The van der Waals surface area contributed by atoms with Crippen molar-refractivity contribution in [3.05, 3.63) is 42.2 Å². The molecule has 1 atom stereocenters. The molecule has 0 spiro atoms. The lowest BCUT2D eigenvalue weighted by Crippen LogP contribution is -2.32. The molecular weight excluding hydrogens is 306 g/mol. The number of carbonyl (C=O) groups is 1. The van der Waals surface area contributed by atoms with Crippen molar-refractivity contribution in [1.82, 2.24) is 14.9 Å². The highest BCUT2D eigenvalue weighted by molar-refractivity contribution is 8.00. The lowest BCUT2D eigenvalue weighted by molar-refractivity contribution is -0.120. The second kappa shape index (κ2) is 6.79. The van der Waals surface area contributed by atoms with Gasteiger partial charge in [0.1, 0.15) is 0 Å². The van der Waals surface area contributed by atoms with Gasteiger partial charge in [-0.1, -0.05) is 43.8 Å². The third kappa shape index (κ3) is 3.78. The molecule has 1 aromatic heterocycles. The summed E-state index contributed by atoms with van der Waals surface area (Å²) in [5.74, 6) is 0.534. The number of amides is 1. The quantitative estimate of drug-likeness (QED) is 0.821. The Labute approximate surface area is 141 Å². The Hall–Kier alpha value is -1.75. The molecule has 5 heteroatoms. The fraction of sp³-hybridized carbons (Fsp3) is 0.444. The lowest BCUT2D eigenvalue weighted by atomic mass is 10.0. The Bertz CT molecular complexity index is 691. The second-order valence-electron chi connectivity index (χ2n) is 6.34. The number of hydrogen-bond acceptors (Lipinski definition) is 3. The molecule has 1 aromatic carbocycles. The van der Waals surface area contributed by atoms with E-state index in [1.165, 1.54) is 17.3 Å². The van der Waals surface area contributed by atoms with Gasteiger partial charge < -0.3 is 5.32 Å². The third-order valence-electron chi connectivity index (χ3n) is 4.00. The highest BCUT2D eigenvalue weighted by Gasteiger charge is 2.26. The molecule has 3 rings (SSSR count). The summed E-state index contributed by atoms with van der Waals surface area (Å²) in [5, 5.41) is 3.77. The number of thioether (sulfide) groups is 1. The topological polar surface area (TPSA) is 46.9 Å².